The summed E-state index contributed by atoms with van der Waals surface area (Å²) in [5, 5.41) is 5.29. The van der Waals surface area contributed by atoms with Crippen molar-refractivity contribution in [3.8, 4) is 23.0 Å². The van der Waals surface area contributed by atoms with Gasteiger partial charge in [-0.15, -0.1) is 0 Å². The van der Waals surface area contributed by atoms with Crippen molar-refractivity contribution in [1.29, 1.82) is 0 Å². The van der Waals surface area contributed by atoms with Gasteiger partial charge >= 0.3 is 18.0 Å². The topological polar surface area (TPSA) is 260 Å². The number of hydrogen-bond donors (Lipinski definition) is 4. The maximum absolute atomic E-state index is 14.7. The first-order valence-electron chi connectivity index (χ1n) is 25.1. The van der Waals surface area contributed by atoms with Gasteiger partial charge in [0.05, 0.1) is 102 Å². The number of carbonyl (C=O) groups is 3. The highest BCUT2D eigenvalue weighted by molar-refractivity contribution is 7.89. The molecule has 4 N–H and O–H groups in total. The molecule has 0 aromatic heterocycles. The Balaban J connectivity index is 0.922. The van der Waals surface area contributed by atoms with Crippen molar-refractivity contribution in [2.45, 2.75) is 37.5 Å². The Morgan fingerprint density at radius 2 is 0.738 bits per heavy atom. The number of nitrogens with one attached hydrogen (secondary N) is 4. The molecule has 0 bridgehead atoms. The Labute approximate surface area is 462 Å². The second-order valence-electron chi connectivity index (χ2n) is 16.5. The van der Waals surface area contributed by atoms with Crippen molar-refractivity contribution in [1.82, 2.24) is 20.1 Å². The number of sulfonamides is 2. The Hall–Kier alpha value is -6.53. The molecule has 0 heterocycles. The predicted molar refractivity (Wildman–Crippen MR) is 283 cm³/mol. The van der Waals surface area contributed by atoms with Crippen molar-refractivity contribution < 1.29 is 96.1 Å². The van der Waals surface area contributed by atoms with Crippen LogP contribution in [0.3, 0.4) is 0 Å². The molecule has 0 atom stereocenters. The van der Waals surface area contributed by atoms with Gasteiger partial charge < -0.3 is 58.0 Å². The molecule has 0 saturated heterocycles. The number of hydrogen-bond acceptors (Lipinski definition) is 17. The Bertz CT molecular complexity index is 2660. The van der Waals surface area contributed by atoms with E-state index in [9.17, 15) is 48.8 Å². The van der Waals surface area contributed by atoms with Crippen LogP contribution in [0.15, 0.2) is 93.7 Å². The maximum atomic E-state index is 14.7. The zero-order chi connectivity index (χ0) is 58.3. The smallest absolute Gasteiger partial charge is 0.333 e. The molecule has 0 unspecified atom stereocenters. The van der Waals surface area contributed by atoms with E-state index in [4.69, 9.17) is 47.4 Å². The van der Waals surface area contributed by atoms with Crippen LogP contribution in [0.25, 0.3) is 12.2 Å². The summed E-state index contributed by atoms with van der Waals surface area (Å²) in [6, 6.07) is 13.4. The first-order valence-corrected chi connectivity index (χ1v) is 28.0. The van der Waals surface area contributed by atoms with Crippen LogP contribution < -0.4 is 29.6 Å². The number of rotatable bonds is 38. The lowest BCUT2D eigenvalue weighted by atomic mass is 10.1. The van der Waals surface area contributed by atoms with E-state index in [1.165, 1.54) is 74.5 Å². The largest absolute Gasteiger partial charge is 0.463 e. The highest BCUT2D eigenvalue weighted by Gasteiger charge is 2.19. The van der Waals surface area contributed by atoms with Crippen LogP contribution in [-0.4, -0.2) is 153 Å². The number of esters is 2. The quantitative estimate of drug-likeness (QED) is 0.0163. The number of urea groups is 1. The maximum Gasteiger partial charge on any atom is 0.333 e. The van der Waals surface area contributed by atoms with Crippen LogP contribution in [-0.2, 0) is 67.5 Å². The third kappa shape index (κ3) is 24.1. The molecule has 0 spiro atoms. The van der Waals surface area contributed by atoms with Crippen LogP contribution in [0.4, 0.5) is 22.4 Å². The van der Waals surface area contributed by atoms with Crippen molar-refractivity contribution in [3.63, 3.8) is 0 Å². The number of ether oxygens (including phenoxy) is 10. The fourth-order valence-corrected chi connectivity index (χ4v) is 8.55. The van der Waals surface area contributed by atoms with Gasteiger partial charge in [0.2, 0.25) is 20.0 Å². The number of amides is 2. The Morgan fingerprint density at radius 1 is 0.450 bits per heavy atom. The molecular formula is C53H66F4N4O17S2. The standard InChI is InChI=1S/C53H66F4N4O17S2/c1-5-75-51(62)37(3)31-39-33-45(54)49(46(55)34-39)77-41-7-11-43(12-8-41)79(65,66)60-17-21-71-25-29-73-27-23-69-19-15-58-53(64)59-16-20-70-24-28-74-30-26-72-22-18-61-80(67,68)44-13-9-42(10-14-44)78-50-47(56)35-40(36-48(50)57)32-38(4)52(63)76-6-2/h7-14,31-36,60-61H,5-6,15-30H2,1-4H3,(H2,58,59,64). The summed E-state index contributed by atoms with van der Waals surface area (Å²) in [6.45, 7) is 9.30. The third-order valence-corrected chi connectivity index (χ3v) is 13.3. The average Bonchev–Trinajstić information content (AvgIpc) is 3.41. The molecule has 4 rings (SSSR count). The molecule has 0 aliphatic rings. The van der Waals surface area contributed by atoms with Gasteiger partial charge in [0, 0.05) is 37.3 Å². The van der Waals surface area contributed by atoms with Gasteiger partial charge in [0.1, 0.15) is 11.5 Å². The average molecular weight is 1170 g/mol. The molecule has 0 aliphatic heterocycles. The molecule has 21 nitrogen and oxygen atoms in total. The van der Waals surface area contributed by atoms with Crippen molar-refractivity contribution >= 4 is 50.2 Å². The summed E-state index contributed by atoms with van der Waals surface area (Å²) in [5.41, 5.74) is 0.462. The van der Waals surface area contributed by atoms with E-state index in [1.54, 1.807) is 13.8 Å². The molecule has 0 radical (unpaired) electrons. The summed E-state index contributed by atoms with van der Waals surface area (Å²) in [6.07, 6.45) is 2.55. The van der Waals surface area contributed by atoms with E-state index in [0.29, 0.717) is 0 Å². The van der Waals surface area contributed by atoms with E-state index in [2.05, 4.69) is 20.1 Å². The van der Waals surface area contributed by atoms with Gasteiger partial charge in [-0.1, -0.05) is 0 Å². The van der Waals surface area contributed by atoms with E-state index in [1.807, 2.05) is 0 Å². The number of carbonyl (C=O) groups excluding carboxylic acids is 3. The summed E-state index contributed by atoms with van der Waals surface area (Å²) in [4.78, 5) is 35.4. The molecule has 80 heavy (non-hydrogen) atoms. The zero-order valence-corrected chi connectivity index (χ0v) is 46.2. The monoisotopic (exact) mass is 1170 g/mol. The SMILES string of the molecule is CCOC(=O)C(C)=Cc1cc(F)c(Oc2ccc(S(=O)(=O)NCCOCCOCCOCCNC(=O)NCCOCCOCCOCCNS(=O)(=O)c3ccc(Oc4c(F)cc(C=C(C)C(=O)OCC)cc4F)cc3)cc2)c(F)c1. The second-order valence-corrected chi connectivity index (χ2v) is 20.1. The van der Waals surface area contributed by atoms with E-state index >= 15 is 0 Å². The highest BCUT2D eigenvalue weighted by atomic mass is 32.2. The highest BCUT2D eigenvalue weighted by Crippen LogP contribution is 2.32. The van der Waals surface area contributed by atoms with E-state index in [-0.39, 0.29) is 162 Å². The fraction of sp³-hybridized carbons (Fsp3) is 0.415. The molecule has 0 aliphatic carbocycles. The summed E-state index contributed by atoms with van der Waals surface area (Å²) >= 11 is 0. The number of halogens is 4. The van der Waals surface area contributed by atoms with Crippen molar-refractivity contribution in [3.05, 3.63) is 118 Å². The van der Waals surface area contributed by atoms with Crippen LogP contribution in [0.2, 0.25) is 0 Å². The summed E-state index contributed by atoms with van der Waals surface area (Å²) < 4.78 is 167. The summed E-state index contributed by atoms with van der Waals surface area (Å²) in [5.74, 6) is -6.81. The van der Waals surface area contributed by atoms with Crippen LogP contribution >= 0.6 is 0 Å². The van der Waals surface area contributed by atoms with E-state index in [0.717, 1.165) is 24.3 Å². The fourth-order valence-electron chi connectivity index (χ4n) is 6.52. The van der Waals surface area contributed by atoms with Gasteiger partial charge in [-0.3, -0.25) is 0 Å². The zero-order valence-electron chi connectivity index (χ0n) is 44.6. The minimum absolute atomic E-state index is 0.0178. The predicted octanol–water partition coefficient (Wildman–Crippen LogP) is 6.42. The van der Waals surface area contributed by atoms with Crippen molar-refractivity contribution in [2.75, 3.05) is 119 Å². The summed E-state index contributed by atoms with van der Waals surface area (Å²) in [7, 11) is -7.88. The van der Waals surface area contributed by atoms with Gasteiger partial charge in [0.25, 0.3) is 0 Å². The molecular weight excluding hydrogens is 1100 g/mol. The van der Waals surface area contributed by atoms with Gasteiger partial charge in [-0.2, -0.15) is 0 Å². The molecule has 4 aromatic carbocycles. The lowest BCUT2D eigenvalue weighted by Gasteiger charge is -2.11. The first-order chi connectivity index (χ1) is 38.3. The Morgan fingerprint density at radius 3 is 1.04 bits per heavy atom. The van der Waals surface area contributed by atoms with Crippen LogP contribution in [0.1, 0.15) is 38.8 Å². The van der Waals surface area contributed by atoms with Gasteiger partial charge in [0.15, 0.2) is 34.8 Å². The third-order valence-electron chi connectivity index (χ3n) is 10.3. The molecule has 27 heteroatoms. The lowest BCUT2D eigenvalue weighted by Crippen LogP contribution is -2.39. The number of benzene rings is 4. The van der Waals surface area contributed by atoms with Crippen LogP contribution in [0, 0.1) is 23.3 Å². The van der Waals surface area contributed by atoms with Crippen molar-refractivity contribution in [2.24, 2.45) is 0 Å². The Kier molecular flexibility index (Phi) is 29.1. The molecule has 0 fully saturated rings. The molecule has 440 valence electrons. The molecule has 0 saturated carbocycles. The van der Waals surface area contributed by atoms with E-state index < -0.39 is 72.8 Å². The molecule has 4 aromatic rings. The minimum atomic E-state index is -3.94. The van der Waals surface area contributed by atoms with Gasteiger partial charge in [-0.05, 0) is 124 Å². The second kappa shape index (κ2) is 35.3. The molecule has 2 amide bonds. The van der Waals surface area contributed by atoms with Crippen LogP contribution in [0.5, 0.6) is 23.0 Å². The first kappa shape index (κ1) is 66.0. The van der Waals surface area contributed by atoms with Gasteiger partial charge in [-0.25, -0.2) is 58.2 Å². The minimum Gasteiger partial charge on any atom is -0.463 e. The lowest BCUT2D eigenvalue weighted by molar-refractivity contribution is -0.139. The normalized spacial score (nSPS) is 12.1.